The molecule has 0 unspecified atom stereocenters. The number of fused-ring (bicyclic) bond motifs is 1. The lowest BCUT2D eigenvalue weighted by atomic mass is 10.0. The minimum absolute atomic E-state index is 0.0367. The van der Waals surface area contributed by atoms with Crippen LogP contribution in [-0.2, 0) is 6.42 Å². The molecule has 2 amide bonds. The van der Waals surface area contributed by atoms with Gasteiger partial charge in [-0.05, 0) is 55.0 Å². The molecule has 2 fully saturated rings. The molecule has 1 saturated heterocycles. The summed E-state index contributed by atoms with van der Waals surface area (Å²) in [6, 6.07) is 6.25. The lowest BCUT2D eigenvalue weighted by Gasteiger charge is -2.40. The number of aromatic nitrogens is 2. The number of carbonyl (C=O) groups excluding carboxylic acids is 1. The standard InChI is InChI=1S/C24H28FN5O3S/c1-14-12-29(22-19(16-2-3-16)9-15(11-26-22)8-18(32)13-31)6-7-30(14)24(33)28-23-27-20-5-4-17(25)10-21(20)34-23/h4-5,9-11,14,16,18,31-32H,2-3,6-8,12-13H2,1H3,(H,27,28,33)/t14-,18-/m0/s1. The lowest BCUT2D eigenvalue weighted by Crippen LogP contribution is -2.55. The van der Waals surface area contributed by atoms with Crippen molar-refractivity contribution < 1.29 is 19.4 Å². The molecule has 10 heteroatoms. The maximum Gasteiger partial charge on any atom is 0.324 e. The normalized spacial score (nSPS) is 19.5. The van der Waals surface area contributed by atoms with Gasteiger partial charge in [0.05, 0.1) is 22.9 Å². The van der Waals surface area contributed by atoms with Crippen LogP contribution in [0.25, 0.3) is 10.2 Å². The highest BCUT2D eigenvalue weighted by molar-refractivity contribution is 7.22. The molecular formula is C24H28FN5O3S. The second kappa shape index (κ2) is 9.44. The number of urea groups is 1. The molecule has 2 aromatic heterocycles. The average Bonchev–Trinajstić information content (AvgIpc) is 3.59. The van der Waals surface area contributed by atoms with Gasteiger partial charge >= 0.3 is 6.03 Å². The van der Waals surface area contributed by atoms with E-state index in [0.29, 0.717) is 47.3 Å². The lowest BCUT2D eigenvalue weighted by molar-refractivity contribution is 0.0954. The maximum absolute atomic E-state index is 13.5. The predicted octanol–water partition coefficient (Wildman–Crippen LogP) is 3.35. The number of hydrogen-bond acceptors (Lipinski definition) is 7. The van der Waals surface area contributed by atoms with Crippen LogP contribution in [-0.4, -0.2) is 69.5 Å². The van der Waals surface area contributed by atoms with Crippen LogP contribution in [0, 0.1) is 5.82 Å². The van der Waals surface area contributed by atoms with E-state index in [4.69, 9.17) is 10.1 Å². The van der Waals surface area contributed by atoms with Crippen molar-refractivity contribution >= 4 is 38.5 Å². The Morgan fingerprint density at radius 2 is 2.15 bits per heavy atom. The number of benzene rings is 1. The predicted molar refractivity (Wildman–Crippen MR) is 130 cm³/mol. The molecule has 5 rings (SSSR count). The van der Waals surface area contributed by atoms with Gasteiger partial charge in [-0.25, -0.2) is 19.2 Å². The number of pyridine rings is 1. The van der Waals surface area contributed by atoms with E-state index in [1.54, 1.807) is 17.2 Å². The van der Waals surface area contributed by atoms with E-state index in [-0.39, 0.29) is 24.5 Å². The van der Waals surface area contributed by atoms with E-state index in [2.05, 4.69) is 21.3 Å². The minimum atomic E-state index is -0.781. The summed E-state index contributed by atoms with van der Waals surface area (Å²) in [5.74, 6) is 1.11. The Hall–Kier alpha value is -2.82. The molecule has 3 aromatic rings. The molecule has 2 aliphatic rings. The number of aliphatic hydroxyl groups is 2. The van der Waals surface area contributed by atoms with Crippen LogP contribution in [0.3, 0.4) is 0 Å². The Morgan fingerprint density at radius 3 is 2.88 bits per heavy atom. The molecule has 3 heterocycles. The average molecular weight is 486 g/mol. The smallest absolute Gasteiger partial charge is 0.324 e. The zero-order valence-corrected chi connectivity index (χ0v) is 19.8. The molecule has 180 valence electrons. The Labute approximate surface area is 201 Å². The van der Waals surface area contributed by atoms with Crippen molar-refractivity contribution in [3.05, 3.63) is 47.4 Å². The largest absolute Gasteiger partial charge is 0.394 e. The Morgan fingerprint density at radius 1 is 1.32 bits per heavy atom. The van der Waals surface area contributed by atoms with Gasteiger partial charge in [0.1, 0.15) is 11.6 Å². The van der Waals surface area contributed by atoms with Gasteiger partial charge in [-0.1, -0.05) is 17.4 Å². The number of rotatable bonds is 6. The number of piperazine rings is 1. The van der Waals surface area contributed by atoms with E-state index in [0.717, 1.165) is 24.2 Å². The molecule has 2 atom stereocenters. The summed E-state index contributed by atoms with van der Waals surface area (Å²) < 4.78 is 14.2. The van der Waals surface area contributed by atoms with Gasteiger partial charge in [0.2, 0.25) is 0 Å². The van der Waals surface area contributed by atoms with E-state index < -0.39 is 6.10 Å². The van der Waals surface area contributed by atoms with Crippen LogP contribution in [0.1, 0.15) is 36.8 Å². The van der Waals surface area contributed by atoms with E-state index in [1.165, 1.54) is 29.0 Å². The van der Waals surface area contributed by atoms with Crippen molar-refractivity contribution in [1.29, 1.82) is 0 Å². The molecule has 3 N–H and O–H groups in total. The summed E-state index contributed by atoms with van der Waals surface area (Å²) in [5.41, 5.74) is 2.77. The molecule has 0 bridgehead atoms. The highest BCUT2D eigenvalue weighted by atomic mass is 32.1. The van der Waals surface area contributed by atoms with Crippen molar-refractivity contribution in [1.82, 2.24) is 14.9 Å². The number of carbonyl (C=O) groups is 1. The van der Waals surface area contributed by atoms with Crippen molar-refractivity contribution in [3.8, 4) is 0 Å². The zero-order valence-electron chi connectivity index (χ0n) is 18.9. The minimum Gasteiger partial charge on any atom is -0.394 e. The summed E-state index contributed by atoms with van der Waals surface area (Å²) in [4.78, 5) is 26.1. The third-order valence-electron chi connectivity index (χ3n) is 6.40. The molecule has 0 spiro atoms. The van der Waals surface area contributed by atoms with Crippen LogP contribution < -0.4 is 10.2 Å². The first kappa shape index (κ1) is 22.9. The molecule has 34 heavy (non-hydrogen) atoms. The molecule has 1 aliphatic carbocycles. The fraction of sp³-hybridized carbons (Fsp3) is 0.458. The zero-order chi connectivity index (χ0) is 23.8. The fourth-order valence-electron chi connectivity index (χ4n) is 4.49. The number of thiazole rings is 1. The van der Waals surface area contributed by atoms with Gasteiger partial charge < -0.3 is 20.0 Å². The highest BCUT2D eigenvalue weighted by Gasteiger charge is 2.33. The van der Waals surface area contributed by atoms with Crippen molar-refractivity contribution in [2.75, 3.05) is 36.5 Å². The second-order valence-electron chi connectivity index (χ2n) is 9.12. The maximum atomic E-state index is 13.5. The van der Waals surface area contributed by atoms with Gasteiger partial charge in [-0.3, -0.25) is 5.32 Å². The Bertz CT molecular complexity index is 1200. The third kappa shape index (κ3) is 4.84. The molecular weight excluding hydrogens is 457 g/mol. The molecule has 0 radical (unpaired) electrons. The molecule has 8 nitrogen and oxygen atoms in total. The SMILES string of the molecule is C[C@H]1CN(c2ncc(C[C@H](O)CO)cc2C2CC2)CCN1C(=O)Nc1nc2ccc(F)cc2s1. The van der Waals surface area contributed by atoms with E-state index in [9.17, 15) is 14.3 Å². The monoisotopic (exact) mass is 485 g/mol. The van der Waals surface area contributed by atoms with Gasteiger partial charge in [-0.2, -0.15) is 0 Å². The van der Waals surface area contributed by atoms with E-state index in [1.807, 2.05) is 6.92 Å². The van der Waals surface area contributed by atoms with Crippen molar-refractivity contribution in [2.24, 2.45) is 0 Å². The summed E-state index contributed by atoms with van der Waals surface area (Å²) in [5, 5.41) is 22.3. The van der Waals surface area contributed by atoms with Crippen molar-refractivity contribution in [2.45, 2.75) is 44.2 Å². The highest BCUT2D eigenvalue weighted by Crippen LogP contribution is 2.44. The van der Waals surface area contributed by atoms with Crippen LogP contribution in [0.5, 0.6) is 0 Å². The number of nitrogens with zero attached hydrogens (tertiary/aromatic N) is 4. The fourth-order valence-corrected chi connectivity index (χ4v) is 5.37. The summed E-state index contributed by atoms with van der Waals surface area (Å²) in [6.45, 7) is 3.61. The Balaban J connectivity index is 1.26. The molecule has 1 aliphatic heterocycles. The van der Waals surface area contributed by atoms with Gasteiger partial charge in [-0.15, -0.1) is 0 Å². The van der Waals surface area contributed by atoms with Crippen molar-refractivity contribution in [3.63, 3.8) is 0 Å². The van der Waals surface area contributed by atoms with E-state index >= 15 is 0 Å². The van der Waals surface area contributed by atoms with Crippen LogP contribution in [0.15, 0.2) is 30.5 Å². The number of amides is 2. The molecule has 1 saturated carbocycles. The summed E-state index contributed by atoms with van der Waals surface area (Å²) in [6.07, 6.45) is 3.64. The van der Waals surface area contributed by atoms with Crippen LogP contribution >= 0.6 is 11.3 Å². The van der Waals surface area contributed by atoms with Crippen LogP contribution in [0.2, 0.25) is 0 Å². The Kier molecular flexibility index (Phi) is 6.37. The van der Waals surface area contributed by atoms with Gasteiger partial charge in [0.15, 0.2) is 5.13 Å². The number of anilines is 2. The number of halogens is 1. The number of aliphatic hydroxyl groups excluding tert-OH is 2. The van der Waals surface area contributed by atoms with Gasteiger partial charge in [0, 0.05) is 38.3 Å². The molecule has 1 aromatic carbocycles. The first-order valence-electron chi connectivity index (χ1n) is 11.6. The van der Waals surface area contributed by atoms with Crippen LogP contribution in [0.4, 0.5) is 20.1 Å². The number of nitrogens with one attached hydrogen (secondary N) is 1. The third-order valence-corrected chi connectivity index (χ3v) is 7.34. The second-order valence-corrected chi connectivity index (χ2v) is 10.2. The first-order valence-corrected chi connectivity index (χ1v) is 12.4. The summed E-state index contributed by atoms with van der Waals surface area (Å²) in [7, 11) is 0. The summed E-state index contributed by atoms with van der Waals surface area (Å²) >= 11 is 1.26. The quantitative estimate of drug-likeness (QED) is 0.495. The number of hydrogen-bond donors (Lipinski definition) is 3. The first-order chi connectivity index (χ1) is 16.4. The topological polar surface area (TPSA) is 102 Å². The van der Waals surface area contributed by atoms with Gasteiger partial charge in [0.25, 0.3) is 0 Å².